The average Bonchev–Trinajstić information content (AvgIpc) is 3.10. The van der Waals surface area contributed by atoms with Crippen LogP contribution in [0.25, 0.3) is 0 Å². The topological polar surface area (TPSA) is 105 Å². The number of benzene rings is 4. The molecular formula is C36H37BrFN3O6S. The Hall–Kier alpha value is -4.42. The summed E-state index contributed by atoms with van der Waals surface area (Å²) in [7, 11) is -4.41. The van der Waals surface area contributed by atoms with Crippen molar-refractivity contribution in [1.82, 2.24) is 10.2 Å². The average molecular weight is 739 g/mol. The zero-order chi connectivity index (χ0) is 34.3. The van der Waals surface area contributed by atoms with E-state index in [9.17, 15) is 22.4 Å². The Morgan fingerprint density at radius 3 is 2.23 bits per heavy atom. The standard InChI is InChI=1S/C36H37BrFN3O6S/c1-3-25(2)39-36(43)32(21-26-7-5-4-6-8-26)40(23-27-9-11-28(37)12-10-27)35(42)24-41(30-15-13-29(38)14-16-30)48(44,45)31-17-18-33-34(22-31)47-20-19-46-33/h4-18,22,25,32H,3,19-21,23-24H2,1-2H3,(H,39,43)/t25-,32+/m0/s1. The van der Waals surface area contributed by atoms with Crippen LogP contribution in [0.3, 0.4) is 0 Å². The van der Waals surface area contributed by atoms with Gasteiger partial charge in [-0.05, 0) is 73.0 Å². The molecule has 0 spiro atoms. The van der Waals surface area contributed by atoms with Crippen LogP contribution in [-0.2, 0) is 32.6 Å². The van der Waals surface area contributed by atoms with E-state index in [0.29, 0.717) is 18.8 Å². The summed E-state index contributed by atoms with van der Waals surface area (Å²) >= 11 is 3.44. The molecular weight excluding hydrogens is 701 g/mol. The molecule has 1 heterocycles. The van der Waals surface area contributed by atoms with Gasteiger partial charge in [-0.25, -0.2) is 12.8 Å². The molecule has 0 fully saturated rings. The molecule has 4 aromatic carbocycles. The molecule has 0 unspecified atom stereocenters. The van der Waals surface area contributed by atoms with Gasteiger partial charge in [0.1, 0.15) is 31.6 Å². The van der Waals surface area contributed by atoms with Gasteiger partial charge in [0.05, 0.1) is 10.6 Å². The number of hydrogen-bond donors (Lipinski definition) is 1. The lowest BCUT2D eigenvalue weighted by molar-refractivity contribution is -0.140. The monoisotopic (exact) mass is 737 g/mol. The van der Waals surface area contributed by atoms with Gasteiger partial charge in [0, 0.05) is 29.5 Å². The molecule has 12 heteroatoms. The fraction of sp³-hybridized carbons (Fsp3) is 0.278. The number of nitrogens with one attached hydrogen (secondary N) is 1. The third-order valence-corrected chi connectivity index (χ3v) is 10.3. The van der Waals surface area contributed by atoms with Gasteiger partial charge in [-0.1, -0.05) is 65.3 Å². The van der Waals surface area contributed by atoms with Crippen molar-refractivity contribution >= 4 is 43.5 Å². The van der Waals surface area contributed by atoms with Crippen LogP contribution in [0.4, 0.5) is 10.1 Å². The molecule has 0 aliphatic carbocycles. The summed E-state index contributed by atoms with van der Waals surface area (Å²) in [6.07, 6.45) is 0.868. The Morgan fingerprint density at radius 2 is 1.56 bits per heavy atom. The summed E-state index contributed by atoms with van der Waals surface area (Å²) in [5, 5.41) is 3.02. The van der Waals surface area contributed by atoms with Crippen LogP contribution >= 0.6 is 15.9 Å². The Kier molecular flexibility index (Phi) is 11.4. The van der Waals surface area contributed by atoms with E-state index in [0.717, 1.165) is 32.0 Å². The molecule has 2 amide bonds. The summed E-state index contributed by atoms with van der Waals surface area (Å²) in [5.41, 5.74) is 1.64. The first-order chi connectivity index (χ1) is 23.0. The predicted molar refractivity (Wildman–Crippen MR) is 185 cm³/mol. The molecule has 0 bridgehead atoms. The number of sulfonamides is 1. The minimum absolute atomic E-state index is 0.0267. The maximum absolute atomic E-state index is 14.6. The molecule has 1 N–H and O–H groups in total. The molecule has 48 heavy (non-hydrogen) atoms. The molecule has 4 aromatic rings. The van der Waals surface area contributed by atoms with Crippen LogP contribution in [0.15, 0.2) is 106 Å². The van der Waals surface area contributed by atoms with Crippen molar-refractivity contribution in [1.29, 1.82) is 0 Å². The lowest BCUT2D eigenvalue weighted by Gasteiger charge is -2.34. The molecule has 0 saturated carbocycles. The van der Waals surface area contributed by atoms with Crippen molar-refractivity contribution in [2.45, 2.75) is 50.2 Å². The number of rotatable bonds is 13. The SMILES string of the molecule is CC[C@H](C)NC(=O)[C@@H](Cc1ccccc1)N(Cc1ccc(Br)cc1)C(=O)CN(c1ccc(F)cc1)S(=O)(=O)c1ccc2c(c1)OCCO2. The third-order valence-electron chi connectivity index (χ3n) is 8.03. The van der Waals surface area contributed by atoms with Crippen molar-refractivity contribution in [2.75, 3.05) is 24.1 Å². The number of carbonyl (C=O) groups is 2. The van der Waals surface area contributed by atoms with Crippen LogP contribution in [0, 0.1) is 5.82 Å². The highest BCUT2D eigenvalue weighted by Gasteiger charge is 2.35. The van der Waals surface area contributed by atoms with Gasteiger partial charge in [0.25, 0.3) is 10.0 Å². The Bertz CT molecular complexity index is 1830. The van der Waals surface area contributed by atoms with Gasteiger partial charge in [-0.3, -0.25) is 13.9 Å². The number of carbonyl (C=O) groups excluding carboxylic acids is 2. The molecule has 0 aromatic heterocycles. The number of ether oxygens (including phenoxy) is 2. The van der Waals surface area contributed by atoms with E-state index in [1.54, 1.807) is 0 Å². The number of anilines is 1. The van der Waals surface area contributed by atoms with E-state index in [2.05, 4.69) is 21.2 Å². The van der Waals surface area contributed by atoms with Crippen LogP contribution < -0.4 is 19.1 Å². The Morgan fingerprint density at radius 1 is 0.896 bits per heavy atom. The lowest BCUT2D eigenvalue weighted by Crippen LogP contribution is -2.54. The van der Waals surface area contributed by atoms with Gasteiger partial charge in [0.15, 0.2) is 11.5 Å². The van der Waals surface area contributed by atoms with E-state index in [-0.39, 0.29) is 47.9 Å². The quantitative estimate of drug-likeness (QED) is 0.178. The molecule has 1 aliphatic heterocycles. The maximum Gasteiger partial charge on any atom is 0.264 e. The van der Waals surface area contributed by atoms with E-state index in [4.69, 9.17) is 9.47 Å². The normalized spacial score (nSPS) is 13.7. The van der Waals surface area contributed by atoms with E-state index in [1.165, 1.54) is 35.2 Å². The minimum Gasteiger partial charge on any atom is -0.486 e. The first-order valence-electron chi connectivity index (χ1n) is 15.6. The van der Waals surface area contributed by atoms with Crippen LogP contribution in [-0.4, -0.2) is 57.0 Å². The fourth-order valence-corrected chi connectivity index (χ4v) is 6.92. The van der Waals surface area contributed by atoms with E-state index >= 15 is 0 Å². The molecule has 5 rings (SSSR count). The zero-order valence-electron chi connectivity index (χ0n) is 26.6. The molecule has 2 atom stereocenters. The number of nitrogens with zero attached hydrogens (tertiary/aromatic N) is 2. The number of amides is 2. The highest BCUT2D eigenvalue weighted by Crippen LogP contribution is 2.34. The molecule has 0 radical (unpaired) electrons. The van der Waals surface area contributed by atoms with Crippen molar-refractivity contribution in [3.63, 3.8) is 0 Å². The Balaban J connectivity index is 1.57. The number of halogens is 2. The molecule has 0 saturated heterocycles. The van der Waals surface area contributed by atoms with Crippen LogP contribution in [0.2, 0.25) is 0 Å². The highest BCUT2D eigenvalue weighted by atomic mass is 79.9. The minimum atomic E-state index is -4.41. The van der Waals surface area contributed by atoms with Crippen LogP contribution in [0.1, 0.15) is 31.4 Å². The van der Waals surface area contributed by atoms with Gasteiger partial charge in [0.2, 0.25) is 11.8 Å². The Labute approximate surface area is 288 Å². The first kappa shape index (κ1) is 34.9. The molecule has 1 aliphatic rings. The second-order valence-corrected chi connectivity index (χ2v) is 14.2. The van der Waals surface area contributed by atoms with Crippen molar-refractivity contribution in [3.8, 4) is 11.5 Å². The highest BCUT2D eigenvalue weighted by molar-refractivity contribution is 9.10. The van der Waals surface area contributed by atoms with E-state index in [1.807, 2.05) is 68.4 Å². The lowest BCUT2D eigenvalue weighted by atomic mass is 10.0. The largest absolute Gasteiger partial charge is 0.486 e. The summed E-state index contributed by atoms with van der Waals surface area (Å²) in [6.45, 7) is 3.78. The summed E-state index contributed by atoms with van der Waals surface area (Å²) in [6, 6.07) is 24.6. The second-order valence-electron chi connectivity index (χ2n) is 11.5. The van der Waals surface area contributed by atoms with Gasteiger partial charge in [-0.2, -0.15) is 0 Å². The van der Waals surface area contributed by atoms with Crippen molar-refractivity contribution < 1.29 is 31.9 Å². The fourth-order valence-electron chi connectivity index (χ4n) is 5.23. The maximum atomic E-state index is 14.6. The zero-order valence-corrected chi connectivity index (χ0v) is 29.0. The second kappa shape index (κ2) is 15.7. The summed E-state index contributed by atoms with van der Waals surface area (Å²) in [4.78, 5) is 29.8. The third kappa shape index (κ3) is 8.53. The molecule has 9 nitrogen and oxygen atoms in total. The summed E-state index contributed by atoms with van der Waals surface area (Å²) in [5.74, 6) is -0.885. The predicted octanol–water partition coefficient (Wildman–Crippen LogP) is 6.11. The van der Waals surface area contributed by atoms with Gasteiger partial charge < -0.3 is 19.7 Å². The summed E-state index contributed by atoms with van der Waals surface area (Å²) < 4.78 is 55.6. The van der Waals surface area contributed by atoms with Gasteiger partial charge >= 0.3 is 0 Å². The number of fused-ring (bicyclic) bond motifs is 1. The van der Waals surface area contributed by atoms with Crippen molar-refractivity contribution in [2.24, 2.45) is 0 Å². The smallest absolute Gasteiger partial charge is 0.264 e. The van der Waals surface area contributed by atoms with Crippen molar-refractivity contribution in [3.05, 3.63) is 118 Å². The molecule has 252 valence electrons. The van der Waals surface area contributed by atoms with Crippen LogP contribution in [0.5, 0.6) is 11.5 Å². The van der Waals surface area contributed by atoms with Gasteiger partial charge in [-0.15, -0.1) is 0 Å². The number of hydrogen-bond acceptors (Lipinski definition) is 6. The first-order valence-corrected chi connectivity index (χ1v) is 17.8. The van der Waals surface area contributed by atoms with E-state index < -0.39 is 34.3 Å².